The molecule has 11 nitrogen and oxygen atoms in total. The molecule has 0 saturated carbocycles. The third-order valence-electron chi connectivity index (χ3n) is 6.21. The second-order valence-electron chi connectivity index (χ2n) is 9.21. The highest BCUT2D eigenvalue weighted by Gasteiger charge is 2.19. The number of hydrogen-bond acceptors (Lipinski definition) is 9. The maximum Gasteiger partial charge on any atom is 0.276 e. The Labute approximate surface area is 219 Å². The van der Waals surface area contributed by atoms with Crippen LogP contribution in [0.3, 0.4) is 0 Å². The van der Waals surface area contributed by atoms with Crippen molar-refractivity contribution in [2.45, 2.75) is 45.8 Å². The van der Waals surface area contributed by atoms with Crippen LogP contribution in [0.1, 0.15) is 44.8 Å². The molecule has 0 aliphatic rings. The lowest BCUT2D eigenvalue weighted by atomic mass is 10.1. The zero-order chi connectivity index (χ0) is 26.6. The summed E-state index contributed by atoms with van der Waals surface area (Å²) in [6, 6.07) is 14.7. The molecule has 4 heterocycles. The monoisotopic (exact) mass is 514 g/mol. The van der Waals surface area contributed by atoms with Crippen molar-refractivity contribution in [2.24, 2.45) is 0 Å². The van der Waals surface area contributed by atoms with Gasteiger partial charge < -0.3 is 20.2 Å². The number of aliphatic hydroxyl groups excluding tert-OH is 1. The average Bonchev–Trinajstić information content (AvgIpc) is 3.55. The van der Waals surface area contributed by atoms with Gasteiger partial charge in [0.1, 0.15) is 11.6 Å². The van der Waals surface area contributed by atoms with Gasteiger partial charge in [0.15, 0.2) is 5.65 Å². The maximum absolute atomic E-state index is 13.0. The predicted molar refractivity (Wildman–Crippen MR) is 145 cm³/mol. The van der Waals surface area contributed by atoms with Crippen molar-refractivity contribution in [3.8, 4) is 11.5 Å². The Bertz CT molecular complexity index is 1580. The van der Waals surface area contributed by atoms with E-state index in [0.717, 1.165) is 12.0 Å². The van der Waals surface area contributed by atoms with E-state index in [4.69, 9.17) is 9.40 Å². The summed E-state index contributed by atoms with van der Waals surface area (Å²) in [7, 11) is 0. The van der Waals surface area contributed by atoms with Crippen LogP contribution < -0.4 is 16.2 Å². The molecule has 0 bridgehead atoms. The quantitative estimate of drug-likeness (QED) is 0.246. The molecule has 3 N–H and O–H groups in total. The van der Waals surface area contributed by atoms with Gasteiger partial charge >= 0.3 is 0 Å². The summed E-state index contributed by atoms with van der Waals surface area (Å²) in [5, 5.41) is 25.1. The van der Waals surface area contributed by atoms with E-state index in [9.17, 15) is 9.90 Å². The molecule has 4 aromatic heterocycles. The minimum absolute atomic E-state index is 0.0105. The van der Waals surface area contributed by atoms with Crippen LogP contribution in [0, 0.1) is 0 Å². The highest BCUT2D eigenvalue weighted by molar-refractivity contribution is 5.79. The molecule has 196 valence electrons. The van der Waals surface area contributed by atoms with Crippen LogP contribution in [0.2, 0.25) is 0 Å². The van der Waals surface area contributed by atoms with Crippen molar-refractivity contribution in [1.82, 2.24) is 29.5 Å². The molecule has 0 saturated heterocycles. The molecule has 0 spiro atoms. The van der Waals surface area contributed by atoms with Crippen molar-refractivity contribution in [2.75, 3.05) is 17.2 Å². The van der Waals surface area contributed by atoms with Gasteiger partial charge in [0, 0.05) is 24.8 Å². The zero-order valence-electron chi connectivity index (χ0n) is 21.5. The first kappa shape index (κ1) is 25.2. The molecular formula is C27H30N8O3. The summed E-state index contributed by atoms with van der Waals surface area (Å²) in [4.78, 5) is 22.3. The fourth-order valence-electron chi connectivity index (χ4n) is 4.50. The van der Waals surface area contributed by atoms with Gasteiger partial charge in [0.05, 0.1) is 29.3 Å². The number of benzene rings is 1. The minimum Gasteiger partial charge on any atom is -0.423 e. The molecule has 1 aromatic carbocycles. The molecule has 1 atom stereocenters. The van der Waals surface area contributed by atoms with E-state index in [0.29, 0.717) is 46.4 Å². The van der Waals surface area contributed by atoms with Crippen molar-refractivity contribution in [3.63, 3.8) is 0 Å². The molecule has 11 heteroatoms. The van der Waals surface area contributed by atoms with Crippen LogP contribution >= 0.6 is 0 Å². The Morgan fingerprint density at radius 3 is 2.61 bits per heavy atom. The third-order valence-corrected chi connectivity index (χ3v) is 6.21. The molecule has 38 heavy (non-hydrogen) atoms. The lowest BCUT2D eigenvalue weighted by Gasteiger charge is -2.20. The molecule has 0 aliphatic heterocycles. The number of hydrogen-bond donors (Lipinski definition) is 3. The molecule has 0 amide bonds. The number of aromatic nitrogens is 6. The first-order valence-electron chi connectivity index (χ1n) is 12.6. The number of anilines is 3. The first-order valence-corrected chi connectivity index (χ1v) is 12.6. The van der Waals surface area contributed by atoms with Gasteiger partial charge in [-0.1, -0.05) is 37.3 Å². The van der Waals surface area contributed by atoms with Crippen LogP contribution in [0.25, 0.3) is 22.5 Å². The van der Waals surface area contributed by atoms with E-state index >= 15 is 0 Å². The molecular weight excluding hydrogens is 484 g/mol. The lowest BCUT2D eigenvalue weighted by Crippen LogP contribution is -2.25. The van der Waals surface area contributed by atoms with Gasteiger partial charge in [0.25, 0.3) is 11.4 Å². The predicted octanol–water partition coefficient (Wildman–Crippen LogP) is 4.52. The smallest absolute Gasteiger partial charge is 0.276 e. The highest BCUT2D eigenvalue weighted by Crippen LogP contribution is 2.32. The number of aliphatic hydroxyl groups is 1. The van der Waals surface area contributed by atoms with Crippen LogP contribution in [-0.2, 0) is 6.54 Å². The number of pyridine rings is 2. The van der Waals surface area contributed by atoms with Crippen LogP contribution in [0.5, 0.6) is 0 Å². The van der Waals surface area contributed by atoms with E-state index in [2.05, 4.69) is 32.7 Å². The Kier molecular flexibility index (Phi) is 7.18. The number of nitrogens with one attached hydrogen (secondary N) is 2. The first-order chi connectivity index (χ1) is 18.5. The fourth-order valence-corrected chi connectivity index (χ4v) is 4.50. The van der Waals surface area contributed by atoms with Crippen molar-refractivity contribution < 1.29 is 9.52 Å². The second-order valence-corrected chi connectivity index (χ2v) is 9.21. The highest BCUT2D eigenvalue weighted by atomic mass is 16.4. The van der Waals surface area contributed by atoms with E-state index in [1.807, 2.05) is 48.9 Å². The lowest BCUT2D eigenvalue weighted by molar-refractivity contribution is 0.276. The Hall–Kier alpha value is -4.51. The van der Waals surface area contributed by atoms with Gasteiger partial charge in [-0.25, -0.2) is 14.6 Å². The van der Waals surface area contributed by atoms with Crippen molar-refractivity contribution >= 4 is 28.4 Å². The summed E-state index contributed by atoms with van der Waals surface area (Å²) < 4.78 is 9.12. The summed E-state index contributed by atoms with van der Waals surface area (Å²) >= 11 is 0. The average molecular weight is 515 g/mol. The van der Waals surface area contributed by atoms with E-state index in [1.54, 1.807) is 29.1 Å². The van der Waals surface area contributed by atoms with E-state index < -0.39 is 0 Å². The normalized spacial score (nSPS) is 12.2. The van der Waals surface area contributed by atoms with Gasteiger partial charge in [-0.05, 0) is 38.0 Å². The topological polar surface area (TPSA) is 136 Å². The Morgan fingerprint density at radius 1 is 1.11 bits per heavy atom. The largest absolute Gasteiger partial charge is 0.423 e. The zero-order valence-corrected chi connectivity index (χ0v) is 21.5. The van der Waals surface area contributed by atoms with Crippen molar-refractivity contribution in [1.29, 1.82) is 0 Å². The molecule has 0 fully saturated rings. The molecule has 5 aromatic rings. The molecule has 0 radical (unpaired) electrons. The van der Waals surface area contributed by atoms with Gasteiger partial charge in [-0.15, -0.1) is 10.2 Å². The number of nitrogens with zero attached hydrogens (tertiary/aromatic N) is 6. The minimum atomic E-state index is -0.373. The number of aryl methyl sites for hydroxylation is 1. The second kappa shape index (κ2) is 10.9. The number of rotatable bonds is 10. The summed E-state index contributed by atoms with van der Waals surface area (Å²) in [6.07, 6.45) is 3.75. The fraction of sp³-hybridized carbons (Fsp3) is 0.296. The SMILES string of the molecule is CCCn1c2nc(Nc3cc(N[C@H](CO)c4ccccc4)c(-c4nnco4)cn3)ccc2c(=O)n1C(C)C. The van der Waals surface area contributed by atoms with Gasteiger partial charge in [-0.3, -0.25) is 9.48 Å². The summed E-state index contributed by atoms with van der Waals surface area (Å²) in [5.74, 6) is 1.36. The van der Waals surface area contributed by atoms with Crippen LogP contribution in [0.15, 0.2) is 70.3 Å². The van der Waals surface area contributed by atoms with E-state index in [1.165, 1.54) is 6.39 Å². The van der Waals surface area contributed by atoms with Gasteiger partial charge in [0.2, 0.25) is 6.39 Å². The number of fused-ring (bicyclic) bond motifs is 1. The Balaban J connectivity index is 1.52. The maximum atomic E-state index is 13.0. The van der Waals surface area contributed by atoms with Crippen LogP contribution in [-0.4, -0.2) is 41.2 Å². The summed E-state index contributed by atoms with van der Waals surface area (Å²) in [5.41, 5.74) is 2.74. The van der Waals surface area contributed by atoms with E-state index in [-0.39, 0.29) is 24.2 Å². The van der Waals surface area contributed by atoms with Crippen LogP contribution in [0.4, 0.5) is 17.3 Å². The third kappa shape index (κ3) is 4.88. The van der Waals surface area contributed by atoms with Crippen molar-refractivity contribution in [3.05, 3.63) is 77.0 Å². The van der Waals surface area contributed by atoms with Gasteiger partial charge in [-0.2, -0.15) is 0 Å². The molecule has 5 rings (SSSR count). The molecule has 0 unspecified atom stereocenters. The molecule has 0 aliphatic carbocycles. The Morgan fingerprint density at radius 2 is 1.92 bits per heavy atom. The standard InChI is InChI=1S/C27H30N8O3/c1-4-12-34-25-19(27(37)35(34)17(2)3)10-11-23(32-25)31-24-13-21(20(14-28-24)26-33-29-16-38-26)30-22(15-36)18-8-6-5-7-9-18/h5-11,13-14,16-17,22,36H,4,12,15H2,1-3H3,(H2,28,30,31,32)/t22-/m1/s1. The summed E-state index contributed by atoms with van der Waals surface area (Å²) in [6.45, 7) is 6.61.